The fourth-order valence-electron chi connectivity index (χ4n) is 6.68. The van der Waals surface area contributed by atoms with Crippen molar-refractivity contribution < 1.29 is 42.2 Å². The standard InChI is InChI=1S/C33H41N5O9S/c1-32(2)23-15-16-33(32,26(39)18-23)20-48(45,46)37-25(29(42)43)17-21-11-13-24(14-12-21)36-27(40)9-6-10-28(41)38(30(34)35)31(44)47-19-22-7-4-3-5-8-22/h3-5,7-8,11-14,23,25,37H,6,9-10,15-20H2,1-2H3,(H3,34,35)(H,36,40)(H,42,43)/t23?,25-,33+/m0/s1. The molecule has 15 heteroatoms. The molecule has 0 radical (unpaired) electrons. The number of rotatable bonds is 14. The van der Waals surface area contributed by atoms with Crippen LogP contribution in [0.2, 0.25) is 0 Å². The minimum Gasteiger partial charge on any atom is -0.480 e. The van der Waals surface area contributed by atoms with E-state index in [2.05, 4.69) is 10.0 Å². The molecule has 4 rings (SSSR count). The quantitative estimate of drug-likeness (QED) is 0.144. The highest BCUT2D eigenvalue weighted by atomic mass is 32.2. The number of Topliss-reactive ketones (excluding diaryl/α,β-unsaturated/α-hetero) is 1. The summed E-state index contributed by atoms with van der Waals surface area (Å²) < 4.78 is 33.7. The lowest BCUT2D eigenvalue weighted by Gasteiger charge is -2.36. The van der Waals surface area contributed by atoms with Crippen molar-refractivity contribution in [2.75, 3.05) is 11.1 Å². The number of carboxylic acids is 1. The van der Waals surface area contributed by atoms with Crippen molar-refractivity contribution >= 4 is 51.3 Å². The number of benzene rings is 2. The number of guanidine groups is 1. The maximum Gasteiger partial charge on any atom is 0.423 e. The molecule has 2 saturated carbocycles. The number of ketones is 1. The summed E-state index contributed by atoms with van der Waals surface area (Å²) >= 11 is 0. The zero-order valence-corrected chi connectivity index (χ0v) is 27.7. The van der Waals surface area contributed by atoms with Crippen molar-refractivity contribution in [3.63, 3.8) is 0 Å². The Labute approximate surface area is 279 Å². The van der Waals surface area contributed by atoms with Gasteiger partial charge in [0.25, 0.3) is 0 Å². The fourth-order valence-corrected chi connectivity index (χ4v) is 8.71. The first kappa shape index (κ1) is 36.2. The van der Waals surface area contributed by atoms with E-state index in [1.807, 2.05) is 13.8 Å². The number of imide groups is 1. The molecule has 0 spiro atoms. The molecule has 6 N–H and O–H groups in total. The summed E-state index contributed by atoms with van der Waals surface area (Å²) in [4.78, 5) is 62.7. The molecule has 0 aromatic heterocycles. The van der Waals surface area contributed by atoms with Gasteiger partial charge in [0.1, 0.15) is 18.4 Å². The predicted octanol–water partition coefficient (Wildman–Crippen LogP) is 3.16. The van der Waals surface area contributed by atoms with E-state index in [-0.39, 0.29) is 44.0 Å². The fraction of sp³-hybridized carbons (Fsp3) is 0.455. The largest absolute Gasteiger partial charge is 0.480 e. The third-order valence-corrected chi connectivity index (χ3v) is 11.1. The summed E-state index contributed by atoms with van der Waals surface area (Å²) in [6.07, 6.45) is 0.000163. The molecule has 1 unspecified atom stereocenters. The maximum atomic E-state index is 13.2. The summed E-state index contributed by atoms with van der Waals surface area (Å²) in [5.74, 6) is -3.82. The topological polar surface area (TPSA) is 226 Å². The maximum absolute atomic E-state index is 13.2. The third-order valence-electron chi connectivity index (χ3n) is 9.55. The number of aliphatic carboxylic acids is 1. The predicted molar refractivity (Wildman–Crippen MR) is 175 cm³/mol. The number of amides is 3. The number of hydrogen-bond acceptors (Lipinski definition) is 9. The van der Waals surface area contributed by atoms with Gasteiger partial charge in [-0.05, 0) is 60.3 Å². The van der Waals surface area contributed by atoms with Crippen LogP contribution in [-0.2, 0) is 47.0 Å². The van der Waals surface area contributed by atoms with Crippen LogP contribution in [0, 0.1) is 22.2 Å². The SMILES string of the molecule is CC1(C)C2CC[C@@]1(CS(=O)(=O)N[C@@H](Cc1ccc(NC(=O)CCCC(=O)N(C(=N)N)C(=O)OCc3ccccc3)cc1)C(=O)O)C(=O)C2. The van der Waals surface area contributed by atoms with E-state index in [1.165, 1.54) is 12.1 Å². The normalized spacial score (nSPS) is 20.1. The number of fused-ring (bicyclic) bond motifs is 2. The minimum absolute atomic E-state index is 0.0453. The van der Waals surface area contributed by atoms with Crippen molar-refractivity contribution in [2.24, 2.45) is 22.5 Å². The molecule has 3 amide bonds. The van der Waals surface area contributed by atoms with E-state index < -0.39 is 62.5 Å². The van der Waals surface area contributed by atoms with Crippen molar-refractivity contribution in [2.45, 2.75) is 71.4 Å². The van der Waals surface area contributed by atoms with Gasteiger partial charge in [-0.3, -0.25) is 24.6 Å². The molecule has 2 aromatic rings. The molecule has 0 aliphatic heterocycles. The number of carbonyl (C=O) groups excluding carboxylic acids is 4. The average Bonchev–Trinajstić information content (AvgIpc) is 3.35. The monoisotopic (exact) mass is 683 g/mol. The van der Waals surface area contributed by atoms with Gasteiger partial charge >= 0.3 is 12.1 Å². The number of anilines is 1. The Kier molecular flexibility index (Phi) is 11.0. The highest BCUT2D eigenvalue weighted by Gasteiger charge is 2.65. The number of carbonyl (C=O) groups is 5. The van der Waals surface area contributed by atoms with E-state index in [9.17, 15) is 37.5 Å². The van der Waals surface area contributed by atoms with Crippen LogP contribution in [-0.4, -0.2) is 65.8 Å². The van der Waals surface area contributed by atoms with Crippen LogP contribution in [0.5, 0.6) is 0 Å². The summed E-state index contributed by atoms with van der Waals surface area (Å²) in [5, 5.41) is 20.0. The van der Waals surface area contributed by atoms with Gasteiger partial charge in [0.05, 0.1) is 5.75 Å². The second-order valence-electron chi connectivity index (χ2n) is 12.9. The number of sulfonamides is 1. The van der Waals surface area contributed by atoms with Gasteiger partial charge in [0.15, 0.2) is 0 Å². The Morgan fingerprint density at radius 3 is 2.29 bits per heavy atom. The molecular weight excluding hydrogens is 642 g/mol. The number of nitrogens with two attached hydrogens (primary N) is 1. The number of ether oxygens (including phenoxy) is 1. The first-order chi connectivity index (χ1) is 22.5. The van der Waals surface area contributed by atoms with Crippen LogP contribution >= 0.6 is 0 Å². The third kappa shape index (κ3) is 8.26. The molecule has 2 fully saturated rings. The van der Waals surface area contributed by atoms with Crippen molar-refractivity contribution in [3.05, 3.63) is 65.7 Å². The van der Waals surface area contributed by atoms with E-state index in [4.69, 9.17) is 15.9 Å². The lowest BCUT2D eigenvalue weighted by Crippen LogP contribution is -2.49. The number of nitrogens with zero attached hydrogens (tertiary/aromatic N) is 1. The van der Waals surface area contributed by atoms with Crippen LogP contribution in [0.1, 0.15) is 63.5 Å². The van der Waals surface area contributed by atoms with Gasteiger partial charge in [-0.2, -0.15) is 4.90 Å². The highest BCUT2D eigenvalue weighted by molar-refractivity contribution is 7.89. The lowest BCUT2D eigenvalue weighted by molar-refractivity contribution is -0.139. The molecular formula is C33H41N5O9S. The Hall–Kier alpha value is -4.63. The second kappa shape index (κ2) is 14.6. The molecule has 2 aliphatic carbocycles. The Morgan fingerprint density at radius 1 is 1.06 bits per heavy atom. The number of carboxylic acid groups (broad SMARTS) is 1. The molecule has 48 heavy (non-hydrogen) atoms. The minimum atomic E-state index is -4.13. The summed E-state index contributed by atoms with van der Waals surface area (Å²) in [7, 11) is -4.13. The van der Waals surface area contributed by atoms with Gasteiger partial charge in [0.2, 0.25) is 27.8 Å². The van der Waals surface area contributed by atoms with Gasteiger partial charge in [0, 0.05) is 30.4 Å². The van der Waals surface area contributed by atoms with Crippen LogP contribution in [0.25, 0.3) is 0 Å². The molecule has 0 heterocycles. The van der Waals surface area contributed by atoms with Crippen molar-refractivity contribution in [1.29, 1.82) is 5.41 Å². The highest BCUT2D eigenvalue weighted by Crippen LogP contribution is 2.64. The zero-order valence-electron chi connectivity index (χ0n) is 26.9. The first-order valence-electron chi connectivity index (χ1n) is 15.6. The van der Waals surface area contributed by atoms with Crippen molar-refractivity contribution in [1.82, 2.24) is 9.62 Å². The molecule has 14 nitrogen and oxygen atoms in total. The van der Waals surface area contributed by atoms with Crippen LogP contribution < -0.4 is 15.8 Å². The van der Waals surface area contributed by atoms with Gasteiger partial charge < -0.3 is 20.9 Å². The molecule has 258 valence electrons. The smallest absolute Gasteiger partial charge is 0.423 e. The van der Waals surface area contributed by atoms with E-state index >= 15 is 0 Å². The van der Waals surface area contributed by atoms with Gasteiger partial charge in [-0.1, -0.05) is 56.3 Å². The van der Waals surface area contributed by atoms with Gasteiger partial charge in [-0.25, -0.2) is 17.9 Å². The summed E-state index contributed by atoms with van der Waals surface area (Å²) in [6, 6.07) is 13.5. The lowest BCUT2D eigenvalue weighted by atomic mass is 9.70. The molecule has 3 atom stereocenters. The second-order valence-corrected chi connectivity index (χ2v) is 14.6. The average molecular weight is 684 g/mol. The number of nitrogens with one attached hydrogen (secondary N) is 3. The zero-order chi connectivity index (χ0) is 35.3. The Balaban J connectivity index is 1.25. The van der Waals surface area contributed by atoms with Gasteiger partial charge in [-0.15, -0.1) is 0 Å². The molecule has 2 aromatic carbocycles. The Bertz CT molecular complexity index is 1680. The van der Waals surface area contributed by atoms with E-state index in [1.54, 1.807) is 42.5 Å². The Morgan fingerprint density at radius 2 is 1.73 bits per heavy atom. The summed E-state index contributed by atoms with van der Waals surface area (Å²) in [5.41, 5.74) is 5.47. The number of hydrogen-bond donors (Lipinski definition) is 5. The van der Waals surface area contributed by atoms with E-state index in [0.717, 1.165) is 6.42 Å². The first-order valence-corrected chi connectivity index (χ1v) is 17.2. The van der Waals surface area contributed by atoms with Crippen molar-refractivity contribution in [3.8, 4) is 0 Å². The van der Waals surface area contributed by atoms with Crippen LogP contribution in [0.3, 0.4) is 0 Å². The van der Waals surface area contributed by atoms with Crippen LogP contribution in [0.4, 0.5) is 10.5 Å². The molecule has 2 aliphatic rings. The van der Waals surface area contributed by atoms with Crippen LogP contribution in [0.15, 0.2) is 54.6 Å². The van der Waals surface area contributed by atoms with E-state index in [0.29, 0.717) is 34.6 Å². The summed E-state index contributed by atoms with van der Waals surface area (Å²) in [6.45, 7) is 3.70. The molecule has 2 bridgehead atoms. The molecule has 0 saturated heterocycles.